The van der Waals surface area contributed by atoms with Gasteiger partial charge >= 0.3 is 5.97 Å². The Morgan fingerprint density at radius 3 is 2.32 bits per heavy atom. The van der Waals surface area contributed by atoms with Crippen LogP contribution in [-0.4, -0.2) is 16.9 Å². The number of rotatable bonds is 5. The van der Waals surface area contributed by atoms with Crippen LogP contribution in [0.15, 0.2) is 34.7 Å². The number of nitrogens with two attached hydrogens (primary N) is 2. The summed E-state index contributed by atoms with van der Waals surface area (Å²) in [4.78, 5) is 23.3. The van der Waals surface area contributed by atoms with Gasteiger partial charge in [0.05, 0.1) is 6.17 Å². The van der Waals surface area contributed by atoms with E-state index in [1.165, 1.54) is 12.1 Å². The number of benzene rings is 1. The molecule has 0 bridgehead atoms. The molecule has 0 fully saturated rings. The number of ketones is 1. The van der Waals surface area contributed by atoms with Gasteiger partial charge in [-0.1, -0.05) is 26.0 Å². The zero-order valence-electron chi connectivity index (χ0n) is 12.4. The summed E-state index contributed by atoms with van der Waals surface area (Å²) in [6, 6.07) is 7.87. The van der Waals surface area contributed by atoms with Crippen LogP contribution in [0, 0.1) is 5.92 Å². The SMILES string of the molecule is CC(C)C(=O)c1cc(C(N)N)ccc1-c1ccc(C(=O)O)o1. The number of hydrogen-bond acceptors (Lipinski definition) is 5. The number of hydrogen-bond donors (Lipinski definition) is 3. The van der Waals surface area contributed by atoms with Crippen LogP contribution < -0.4 is 11.5 Å². The maximum absolute atomic E-state index is 12.4. The summed E-state index contributed by atoms with van der Waals surface area (Å²) in [7, 11) is 0. The van der Waals surface area contributed by atoms with Gasteiger partial charge in [-0.25, -0.2) is 4.79 Å². The van der Waals surface area contributed by atoms with E-state index in [0.29, 0.717) is 22.5 Å². The van der Waals surface area contributed by atoms with Crippen molar-refractivity contribution in [3.05, 3.63) is 47.2 Å². The van der Waals surface area contributed by atoms with Gasteiger partial charge in [-0.15, -0.1) is 0 Å². The van der Waals surface area contributed by atoms with Crippen LogP contribution in [0.1, 0.15) is 46.5 Å². The van der Waals surface area contributed by atoms with Crippen LogP contribution in [0.2, 0.25) is 0 Å². The van der Waals surface area contributed by atoms with Crippen LogP contribution >= 0.6 is 0 Å². The molecule has 116 valence electrons. The van der Waals surface area contributed by atoms with Gasteiger partial charge in [0.2, 0.25) is 5.76 Å². The van der Waals surface area contributed by atoms with E-state index >= 15 is 0 Å². The molecule has 2 rings (SSSR count). The van der Waals surface area contributed by atoms with Crippen molar-refractivity contribution in [3.63, 3.8) is 0 Å². The molecule has 5 N–H and O–H groups in total. The molecule has 0 aliphatic carbocycles. The molecule has 22 heavy (non-hydrogen) atoms. The molecule has 0 unspecified atom stereocenters. The maximum Gasteiger partial charge on any atom is 0.371 e. The minimum absolute atomic E-state index is 0.0919. The Morgan fingerprint density at radius 1 is 1.14 bits per heavy atom. The van der Waals surface area contributed by atoms with E-state index in [1.807, 2.05) is 0 Å². The molecular weight excluding hydrogens is 284 g/mol. The summed E-state index contributed by atoms with van der Waals surface area (Å²) in [6.45, 7) is 3.57. The van der Waals surface area contributed by atoms with Crippen molar-refractivity contribution >= 4 is 11.8 Å². The largest absolute Gasteiger partial charge is 0.475 e. The van der Waals surface area contributed by atoms with Gasteiger partial charge in [-0.05, 0) is 23.8 Å². The molecule has 6 nitrogen and oxygen atoms in total. The van der Waals surface area contributed by atoms with Crippen molar-refractivity contribution in [2.75, 3.05) is 0 Å². The van der Waals surface area contributed by atoms with Crippen molar-refractivity contribution in [3.8, 4) is 11.3 Å². The number of furan rings is 1. The lowest BCUT2D eigenvalue weighted by Crippen LogP contribution is -2.21. The number of carbonyl (C=O) groups is 2. The monoisotopic (exact) mass is 302 g/mol. The number of carboxylic acid groups (broad SMARTS) is 1. The zero-order valence-corrected chi connectivity index (χ0v) is 12.4. The molecule has 1 aromatic heterocycles. The Bertz CT molecular complexity index is 717. The second kappa shape index (κ2) is 6.13. The third kappa shape index (κ3) is 3.08. The highest BCUT2D eigenvalue weighted by Gasteiger charge is 2.20. The van der Waals surface area contributed by atoms with Gasteiger partial charge in [-0.2, -0.15) is 0 Å². The molecule has 0 saturated heterocycles. The molecule has 0 radical (unpaired) electrons. The Morgan fingerprint density at radius 2 is 1.82 bits per heavy atom. The predicted molar refractivity (Wildman–Crippen MR) is 81.4 cm³/mol. The number of carboxylic acids is 1. The first-order chi connectivity index (χ1) is 10.3. The fraction of sp³-hybridized carbons (Fsp3) is 0.250. The van der Waals surface area contributed by atoms with Crippen molar-refractivity contribution < 1.29 is 19.1 Å². The molecular formula is C16H18N2O4. The number of Topliss-reactive ketones (excluding diaryl/α,β-unsaturated/α-hetero) is 1. The molecule has 0 saturated carbocycles. The van der Waals surface area contributed by atoms with Crippen LogP contribution in [0.3, 0.4) is 0 Å². The minimum atomic E-state index is -1.16. The van der Waals surface area contributed by atoms with E-state index in [0.717, 1.165) is 0 Å². The van der Waals surface area contributed by atoms with Gasteiger partial charge in [0, 0.05) is 17.0 Å². The van der Waals surface area contributed by atoms with E-state index in [-0.39, 0.29) is 17.5 Å². The maximum atomic E-state index is 12.4. The van der Waals surface area contributed by atoms with Crippen molar-refractivity contribution in [2.24, 2.45) is 17.4 Å². The first kappa shape index (κ1) is 15.9. The smallest absolute Gasteiger partial charge is 0.371 e. The first-order valence-electron chi connectivity index (χ1n) is 6.84. The summed E-state index contributed by atoms with van der Waals surface area (Å²) in [5.41, 5.74) is 12.9. The lowest BCUT2D eigenvalue weighted by atomic mass is 9.93. The summed E-state index contributed by atoms with van der Waals surface area (Å²) in [5.74, 6) is -1.35. The number of carbonyl (C=O) groups excluding carboxylic acids is 1. The second-order valence-electron chi connectivity index (χ2n) is 5.32. The third-order valence-corrected chi connectivity index (χ3v) is 3.30. The molecule has 0 aliphatic heterocycles. The molecule has 0 amide bonds. The average molecular weight is 302 g/mol. The zero-order chi connectivity index (χ0) is 16.4. The molecule has 1 aromatic carbocycles. The van der Waals surface area contributed by atoms with E-state index in [4.69, 9.17) is 21.0 Å². The quantitative estimate of drug-likeness (QED) is 0.576. The van der Waals surface area contributed by atoms with E-state index < -0.39 is 12.1 Å². The van der Waals surface area contributed by atoms with E-state index in [1.54, 1.807) is 32.0 Å². The predicted octanol–water partition coefficient (Wildman–Crippen LogP) is 2.40. The standard InChI is InChI=1S/C16H18N2O4/c1-8(2)14(19)11-7-9(15(17)18)3-4-10(11)12-5-6-13(22-12)16(20)21/h3-8,15H,17-18H2,1-2H3,(H,20,21). The Labute approximate surface area is 127 Å². The highest BCUT2D eigenvalue weighted by Crippen LogP contribution is 2.29. The highest BCUT2D eigenvalue weighted by molar-refractivity contribution is 6.03. The summed E-state index contributed by atoms with van der Waals surface area (Å²) in [5, 5.41) is 8.93. The Balaban J connectivity index is 2.58. The summed E-state index contributed by atoms with van der Waals surface area (Å²) >= 11 is 0. The topological polar surface area (TPSA) is 120 Å². The fourth-order valence-electron chi connectivity index (χ4n) is 2.10. The second-order valence-corrected chi connectivity index (χ2v) is 5.32. The molecule has 1 heterocycles. The van der Waals surface area contributed by atoms with Crippen molar-refractivity contribution in [1.29, 1.82) is 0 Å². The Hall–Kier alpha value is -2.44. The third-order valence-electron chi connectivity index (χ3n) is 3.30. The van der Waals surface area contributed by atoms with Crippen molar-refractivity contribution in [1.82, 2.24) is 0 Å². The molecule has 2 aromatic rings. The molecule has 0 atom stereocenters. The highest BCUT2D eigenvalue weighted by atomic mass is 16.4. The van der Waals surface area contributed by atoms with E-state index in [2.05, 4.69) is 0 Å². The lowest BCUT2D eigenvalue weighted by Gasteiger charge is -2.13. The first-order valence-corrected chi connectivity index (χ1v) is 6.84. The van der Waals surface area contributed by atoms with Crippen LogP contribution in [-0.2, 0) is 0 Å². The minimum Gasteiger partial charge on any atom is -0.475 e. The normalized spacial score (nSPS) is 11.2. The molecule has 6 heteroatoms. The van der Waals surface area contributed by atoms with Crippen LogP contribution in [0.5, 0.6) is 0 Å². The molecule has 0 spiro atoms. The van der Waals surface area contributed by atoms with Gasteiger partial charge in [0.25, 0.3) is 0 Å². The van der Waals surface area contributed by atoms with Crippen molar-refractivity contribution in [2.45, 2.75) is 20.0 Å². The Kier molecular flexibility index (Phi) is 4.44. The van der Waals surface area contributed by atoms with Gasteiger partial charge in [0.15, 0.2) is 5.78 Å². The van der Waals surface area contributed by atoms with Gasteiger partial charge < -0.3 is 21.0 Å². The van der Waals surface area contributed by atoms with Crippen LogP contribution in [0.25, 0.3) is 11.3 Å². The van der Waals surface area contributed by atoms with Gasteiger partial charge in [0.1, 0.15) is 5.76 Å². The lowest BCUT2D eigenvalue weighted by molar-refractivity contribution is 0.0663. The van der Waals surface area contributed by atoms with Gasteiger partial charge in [-0.3, -0.25) is 4.79 Å². The summed E-state index contributed by atoms with van der Waals surface area (Å²) < 4.78 is 5.29. The summed E-state index contributed by atoms with van der Waals surface area (Å²) in [6.07, 6.45) is -0.695. The van der Waals surface area contributed by atoms with Crippen LogP contribution in [0.4, 0.5) is 0 Å². The van der Waals surface area contributed by atoms with E-state index in [9.17, 15) is 9.59 Å². The fourth-order valence-corrected chi connectivity index (χ4v) is 2.10. The average Bonchev–Trinajstić information content (AvgIpc) is 2.95. The molecule has 0 aliphatic rings. The number of aromatic carboxylic acids is 1.